The van der Waals surface area contributed by atoms with E-state index in [-0.39, 0.29) is 0 Å². The van der Waals surface area contributed by atoms with Gasteiger partial charge in [0, 0.05) is 24.5 Å². The topological polar surface area (TPSA) is 34.1 Å². The molecular weight excluding hydrogens is 260 g/mol. The van der Waals surface area contributed by atoms with Gasteiger partial charge in [-0.3, -0.25) is 4.98 Å². The molecule has 0 bridgehead atoms. The van der Waals surface area contributed by atoms with Crippen molar-refractivity contribution in [3.8, 4) is 5.75 Å². The molecule has 0 radical (unpaired) electrons. The second-order valence-corrected chi connectivity index (χ2v) is 5.81. The number of aromatic nitrogens is 1. The quantitative estimate of drug-likeness (QED) is 0.908. The molecule has 3 nitrogen and oxygen atoms in total. The molecule has 3 rings (SSSR count). The Morgan fingerprint density at radius 1 is 1.10 bits per heavy atom. The molecule has 0 aliphatic heterocycles. The molecule has 1 atom stereocenters. The number of nitrogens with one attached hydrogen (secondary N) is 1. The molecule has 1 fully saturated rings. The summed E-state index contributed by atoms with van der Waals surface area (Å²) in [6, 6.07) is 13.6. The van der Waals surface area contributed by atoms with Gasteiger partial charge in [-0.25, -0.2) is 0 Å². The third-order valence-electron chi connectivity index (χ3n) is 4.42. The van der Waals surface area contributed by atoms with Crippen molar-refractivity contribution >= 4 is 0 Å². The molecule has 3 heteroatoms. The number of ether oxygens (including phenoxy) is 1. The average molecular weight is 282 g/mol. The van der Waals surface area contributed by atoms with Crippen LogP contribution in [0.5, 0.6) is 5.75 Å². The van der Waals surface area contributed by atoms with E-state index in [0.29, 0.717) is 18.0 Å². The van der Waals surface area contributed by atoms with Crippen molar-refractivity contribution in [1.82, 2.24) is 10.3 Å². The summed E-state index contributed by atoms with van der Waals surface area (Å²) >= 11 is 0. The molecule has 1 aromatic carbocycles. The van der Waals surface area contributed by atoms with Crippen LogP contribution in [0.2, 0.25) is 0 Å². The third kappa shape index (κ3) is 3.24. The molecule has 1 aliphatic carbocycles. The van der Waals surface area contributed by atoms with Gasteiger partial charge in [-0.1, -0.05) is 12.1 Å². The van der Waals surface area contributed by atoms with Crippen LogP contribution in [-0.2, 0) is 0 Å². The Hall–Kier alpha value is -1.87. The van der Waals surface area contributed by atoms with Crippen LogP contribution >= 0.6 is 0 Å². The van der Waals surface area contributed by atoms with E-state index < -0.39 is 0 Å². The van der Waals surface area contributed by atoms with Gasteiger partial charge in [-0.2, -0.15) is 0 Å². The van der Waals surface area contributed by atoms with E-state index in [2.05, 4.69) is 53.6 Å². The molecule has 1 aromatic heterocycles. The molecule has 110 valence electrons. The van der Waals surface area contributed by atoms with E-state index in [1.807, 2.05) is 12.4 Å². The Morgan fingerprint density at radius 3 is 2.38 bits per heavy atom. The van der Waals surface area contributed by atoms with E-state index >= 15 is 0 Å². The summed E-state index contributed by atoms with van der Waals surface area (Å²) < 4.78 is 5.21. The monoisotopic (exact) mass is 282 g/mol. The van der Waals surface area contributed by atoms with Gasteiger partial charge in [-0.15, -0.1) is 0 Å². The first-order valence-corrected chi connectivity index (χ1v) is 7.56. The van der Waals surface area contributed by atoms with Crippen molar-refractivity contribution in [2.75, 3.05) is 7.11 Å². The predicted octanol–water partition coefficient (Wildman–Crippen LogP) is 3.69. The maximum absolute atomic E-state index is 5.21. The highest BCUT2D eigenvalue weighted by Gasteiger charge is 2.31. The van der Waals surface area contributed by atoms with Gasteiger partial charge in [0.15, 0.2) is 0 Å². The highest BCUT2D eigenvalue weighted by molar-refractivity contribution is 5.31. The van der Waals surface area contributed by atoms with Gasteiger partial charge in [0.2, 0.25) is 0 Å². The van der Waals surface area contributed by atoms with Gasteiger partial charge >= 0.3 is 0 Å². The normalized spacial score (nSPS) is 22.4. The summed E-state index contributed by atoms with van der Waals surface area (Å²) in [4.78, 5) is 4.07. The molecule has 0 amide bonds. The number of hydrogen-bond donors (Lipinski definition) is 1. The molecule has 1 unspecified atom stereocenters. The van der Waals surface area contributed by atoms with Gasteiger partial charge in [0.05, 0.1) is 7.11 Å². The number of pyridine rings is 1. The minimum atomic E-state index is 0.384. The van der Waals surface area contributed by atoms with Gasteiger partial charge in [-0.05, 0) is 61.1 Å². The summed E-state index contributed by atoms with van der Waals surface area (Å²) in [7, 11) is 1.71. The van der Waals surface area contributed by atoms with Crippen LogP contribution in [-0.4, -0.2) is 18.1 Å². The number of hydrogen-bond acceptors (Lipinski definition) is 3. The molecule has 1 aliphatic rings. The second-order valence-electron chi connectivity index (χ2n) is 5.81. The largest absolute Gasteiger partial charge is 0.497 e. The summed E-state index contributed by atoms with van der Waals surface area (Å²) in [5.41, 5.74) is 2.73. The van der Waals surface area contributed by atoms with Crippen LogP contribution in [0.4, 0.5) is 0 Å². The average Bonchev–Trinajstić information content (AvgIpc) is 2.51. The Balaban J connectivity index is 1.51. The Labute approximate surface area is 126 Å². The lowest BCUT2D eigenvalue weighted by Gasteiger charge is -2.38. The van der Waals surface area contributed by atoms with Crippen molar-refractivity contribution in [3.05, 3.63) is 59.9 Å². The lowest BCUT2D eigenvalue weighted by atomic mass is 9.75. The fourth-order valence-corrected chi connectivity index (χ4v) is 3.00. The number of methoxy groups -OCH3 is 1. The van der Waals surface area contributed by atoms with E-state index in [1.54, 1.807) is 7.11 Å². The standard InChI is InChI=1S/C18H22N2O/c1-13(14-7-9-19-10-8-14)20-17-11-16(12-17)15-3-5-18(21-2)6-4-15/h3-10,13,16-17,20H,11-12H2,1-2H3. The zero-order valence-corrected chi connectivity index (χ0v) is 12.6. The van der Waals surface area contributed by atoms with Crippen LogP contribution in [0, 0.1) is 0 Å². The van der Waals surface area contributed by atoms with E-state index in [0.717, 1.165) is 5.75 Å². The molecule has 1 heterocycles. The third-order valence-corrected chi connectivity index (χ3v) is 4.42. The molecule has 0 saturated heterocycles. The van der Waals surface area contributed by atoms with Crippen LogP contribution in [0.25, 0.3) is 0 Å². The molecule has 2 aromatic rings. The zero-order valence-electron chi connectivity index (χ0n) is 12.6. The van der Waals surface area contributed by atoms with Crippen molar-refractivity contribution in [2.45, 2.75) is 37.8 Å². The molecule has 0 spiro atoms. The minimum absolute atomic E-state index is 0.384. The summed E-state index contributed by atoms with van der Waals surface area (Å²) in [5.74, 6) is 1.61. The van der Waals surface area contributed by atoms with E-state index in [9.17, 15) is 0 Å². The molecule has 21 heavy (non-hydrogen) atoms. The molecule has 1 saturated carbocycles. The second kappa shape index (κ2) is 6.27. The van der Waals surface area contributed by atoms with E-state index in [1.165, 1.54) is 24.0 Å². The Bertz CT molecular complexity index is 562. The van der Waals surface area contributed by atoms with Crippen LogP contribution in [0.1, 0.15) is 42.9 Å². The smallest absolute Gasteiger partial charge is 0.118 e. The highest BCUT2D eigenvalue weighted by Crippen LogP contribution is 2.38. The zero-order chi connectivity index (χ0) is 14.7. The maximum Gasteiger partial charge on any atom is 0.118 e. The fourth-order valence-electron chi connectivity index (χ4n) is 3.00. The van der Waals surface area contributed by atoms with Crippen molar-refractivity contribution in [2.24, 2.45) is 0 Å². The fraction of sp³-hybridized carbons (Fsp3) is 0.389. The lowest BCUT2D eigenvalue weighted by Crippen LogP contribution is -2.41. The number of benzene rings is 1. The van der Waals surface area contributed by atoms with E-state index in [4.69, 9.17) is 4.74 Å². The maximum atomic E-state index is 5.21. The van der Waals surface area contributed by atoms with Crippen LogP contribution in [0.15, 0.2) is 48.8 Å². The summed E-state index contributed by atoms with van der Waals surface area (Å²) in [6.45, 7) is 2.22. The SMILES string of the molecule is COc1ccc(C2CC(NC(C)c3ccncc3)C2)cc1. The van der Waals surface area contributed by atoms with Gasteiger partial charge in [0.25, 0.3) is 0 Å². The summed E-state index contributed by atoms with van der Waals surface area (Å²) in [6.07, 6.45) is 6.13. The summed E-state index contributed by atoms with van der Waals surface area (Å²) in [5, 5.41) is 3.70. The predicted molar refractivity (Wildman–Crippen MR) is 84.5 cm³/mol. The molecule has 1 N–H and O–H groups in total. The Kier molecular flexibility index (Phi) is 4.20. The van der Waals surface area contributed by atoms with Gasteiger partial charge < -0.3 is 10.1 Å². The highest BCUT2D eigenvalue weighted by atomic mass is 16.5. The molecular formula is C18H22N2O. The number of rotatable bonds is 5. The minimum Gasteiger partial charge on any atom is -0.497 e. The van der Waals surface area contributed by atoms with Crippen molar-refractivity contribution in [1.29, 1.82) is 0 Å². The van der Waals surface area contributed by atoms with Crippen LogP contribution < -0.4 is 10.1 Å². The lowest BCUT2D eigenvalue weighted by molar-refractivity contribution is 0.270. The van der Waals surface area contributed by atoms with Crippen molar-refractivity contribution < 1.29 is 4.74 Å². The van der Waals surface area contributed by atoms with Crippen molar-refractivity contribution in [3.63, 3.8) is 0 Å². The number of nitrogens with zero attached hydrogens (tertiary/aromatic N) is 1. The Morgan fingerprint density at radius 2 is 1.76 bits per heavy atom. The van der Waals surface area contributed by atoms with Gasteiger partial charge in [0.1, 0.15) is 5.75 Å². The van der Waals surface area contributed by atoms with Crippen LogP contribution in [0.3, 0.4) is 0 Å². The first kappa shape index (κ1) is 14.1. The first-order valence-electron chi connectivity index (χ1n) is 7.56. The first-order chi connectivity index (χ1) is 10.3.